The normalized spacial score (nSPS) is 11.0. The standard InChI is InChI=1S/C16H17NOS/c1-2-8-18-15-3-4-16-14(10-15)5-7-17(16)11-13-6-9-19-12-13/h3-7,9-10,12H,2,8,11H2,1H3. The van der Waals surface area contributed by atoms with Gasteiger partial charge in [0.2, 0.25) is 0 Å². The maximum absolute atomic E-state index is 5.67. The van der Waals surface area contributed by atoms with Crippen LogP contribution in [0.25, 0.3) is 10.9 Å². The van der Waals surface area contributed by atoms with Crippen molar-refractivity contribution >= 4 is 22.2 Å². The van der Waals surface area contributed by atoms with Gasteiger partial charge in [-0.1, -0.05) is 6.92 Å². The van der Waals surface area contributed by atoms with Gasteiger partial charge in [0.1, 0.15) is 5.75 Å². The summed E-state index contributed by atoms with van der Waals surface area (Å²) >= 11 is 1.75. The van der Waals surface area contributed by atoms with Crippen molar-refractivity contribution in [2.45, 2.75) is 19.9 Å². The van der Waals surface area contributed by atoms with Gasteiger partial charge in [-0.3, -0.25) is 0 Å². The number of benzene rings is 1. The molecule has 0 bridgehead atoms. The van der Waals surface area contributed by atoms with Gasteiger partial charge in [0.15, 0.2) is 0 Å². The lowest BCUT2D eigenvalue weighted by Crippen LogP contribution is -1.97. The maximum atomic E-state index is 5.67. The lowest BCUT2D eigenvalue weighted by atomic mass is 10.2. The molecule has 98 valence electrons. The molecule has 2 aromatic heterocycles. The van der Waals surface area contributed by atoms with E-state index in [1.807, 2.05) is 0 Å². The van der Waals surface area contributed by atoms with E-state index in [2.05, 4.69) is 58.8 Å². The number of hydrogen-bond donors (Lipinski definition) is 0. The van der Waals surface area contributed by atoms with E-state index in [9.17, 15) is 0 Å². The van der Waals surface area contributed by atoms with Crippen LogP contribution in [0.15, 0.2) is 47.3 Å². The van der Waals surface area contributed by atoms with Crippen LogP contribution in [0.1, 0.15) is 18.9 Å². The lowest BCUT2D eigenvalue weighted by molar-refractivity contribution is 0.318. The highest BCUT2D eigenvalue weighted by Crippen LogP contribution is 2.23. The van der Waals surface area contributed by atoms with Crippen molar-refractivity contribution in [1.82, 2.24) is 4.57 Å². The summed E-state index contributed by atoms with van der Waals surface area (Å²) in [4.78, 5) is 0. The summed E-state index contributed by atoms with van der Waals surface area (Å²) < 4.78 is 7.95. The molecule has 0 saturated heterocycles. The van der Waals surface area contributed by atoms with E-state index >= 15 is 0 Å². The topological polar surface area (TPSA) is 14.2 Å². The Bertz CT molecular complexity index is 655. The predicted molar refractivity (Wildman–Crippen MR) is 81.1 cm³/mol. The summed E-state index contributed by atoms with van der Waals surface area (Å²) in [5, 5.41) is 5.56. The first kappa shape index (κ1) is 12.3. The third-order valence-electron chi connectivity index (χ3n) is 3.15. The lowest BCUT2D eigenvalue weighted by Gasteiger charge is -2.06. The van der Waals surface area contributed by atoms with Crippen molar-refractivity contribution in [3.8, 4) is 5.75 Å². The molecule has 19 heavy (non-hydrogen) atoms. The molecular weight excluding hydrogens is 254 g/mol. The zero-order valence-electron chi connectivity index (χ0n) is 11.0. The molecule has 0 radical (unpaired) electrons. The number of hydrogen-bond acceptors (Lipinski definition) is 2. The van der Waals surface area contributed by atoms with Crippen LogP contribution in [0.2, 0.25) is 0 Å². The Labute approximate surface area is 117 Å². The zero-order chi connectivity index (χ0) is 13.1. The van der Waals surface area contributed by atoms with E-state index < -0.39 is 0 Å². The van der Waals surface area contributed by atoms with Crippen molar-refractivity contribution < 1.29 is 4.74 Å². The first-order valence-corrected chi connectivity index (χ1v) is 7.54. The number of thiophene rings is 1. The van der Waals surface area contributed by atoms with Crippen LogP contribution in [0.3, 0.4) is 0 Å². The zero-order valence-corrected chi connectivity index (χ0v) is 11.8. The van der Waals surface area contributed by atoms with Gasteiger partial charge in [0.25, 0.3) is 0 Å². The molecule has 0 spiro atoms. The van der Waals surface area contributed by atoms with Gasteiger partial charge in [0.05, 0.1) is 6.61 Å². The molecule has 0 aliphatic heterocycles. The summed E-state index contributed by atoms with van der Waals surface area (Å²) in [5.74, 6) is 0.961. The summed E-state index contributed by atoms with van der Waals surface area (Å²) in [5.41, 5.74) is 2.61. The quantitative estimate of drug-likeness (QED) is 0.664. The van der Waals surface area contributed by atoms with Crippen LogP contribution in [-0.2, 0) is 6.54 Å². The fraction of sp³-hybridized carbons (Fsp3) is 0.250. The Balaban J connectivity index is 1.87. The number of nitrogens with zero attached hydrogens (tertiary/aromatic N) is 1. The summed E-state index contributed by atoms with van der Waals surface area (Å²) in [6.07, 6.45) is 3.18. The highest BCUT2D eigenvalue weighted by molar-refractivity contribution is 7.07. The minimum absolute atomic E-state index is 0.779. The molecule has 3 aromatic rings. The Morgan fingerprint density at radius 2 is 2.16 bits per heavy atom. The first-order chi connectivity index (χ1) is 9.36. The molecule has 0 saturated carbocycles. The molecular formula is C16H17NOS. The molecule has 0 aliphatic rings. The van der Waals surface area contributed by atoms with Crippen LogP contribution in [0, 0.1) is 0 Å². The van der Waals surface area contributed by atoms with Crippen LogP contribution < -0.4 is 4.74 Å². The van der Waals surface area contributed by atoms with Crippen LogP contribution in [0.4, 0.5) is 0 Å². The van der Waals surface area contributed by atoms with Crippen molar-refractivity contribution in [3.63, 3.8) is 0 Å². The number of fused-ring (bicyclic) bond motifs is 1. The molecule has 0 fully saturated rings. The van der Waals surface area contributed by atoms with Gasteiger partial charge < -0.3 is 9.30 Å². The predicted octanol–water partition coefficient (Wildman–Crippen LogP) is 4.54. The van der Waals surface area contributed by atoms with Crippen LogP contribution >= 0.6 is 11.3 Å². The van der Waals surface area contributed by atoms with E-state index in [4.69, 9.17) is 4.74 Å². The Kier molecular flexibility index (Phi) is 3.56. The van der Waals surface area contributed by atoms with Crippen molar-refractivity contribution in [3.05, 3.63) is 52.9 Å². The average molecular weight is 271 g/mol. The Morgan fingerprint density at radius 1 is 1.21 bits per heavy atom. The van der Waals surface area contributed by atoms with Gasteiger partial charge in [-0.05, 0) is 53.1 Å². The van der Waals surface area contributed by atoms with E-state index in [-0.39, 0.29) is 0 Å². The van der Waals surface area contributed by atoms with Crippen LogP contribution in [0.5, 0.6) is 5.75 Å². The second-order valence-electron chi connectivity index (χ2n) is 4.64. The monoisotopic (exact) mass is 271 g/mol. The fourth-order valence-electron chi connectivity index (χ4n) is 2.21. The van der Waals surface area contributed by atoms with Crippen LogP contribution in [-0.4, -0.2) is 11.2 Å². The van der Waals surface area contributed by atoms with E-state index in [1.54, 1.807) is 11.3 Å². The second-order valence-corrected chi connectivity index (χ2v) is 5.42. The number of ether oxygens (including phenoxy) is 1. The minimum atomic E-state index is 0.779. The average Bonchev–Trinajstić information content (AvgIpc) is 3.07. The summed E-state index contributed by atoms with van der Waals surface area (Å²) in [6.45, 7) is 3.83. The third kappa shape index (κ3) is 2.66. The van der Waals surface area contributed by atoms with Gasteiger partial charge in [-0.2, -0.15) is 11.3 Å². The molecule has 2 nitrogen and oxygen atoms in total. The van der Waals surface area contributed by atoms with E-state index in [0.29, 0.717) is 0 Å². The SMILES string of the molecule is CCCOc1ccc2c(ccn2Cc2ccsc2)c1. The Morgan fingerprint density at radius 3 is 2.95 bits per heavy atom. The smallest absolute Gasteiger partial charge is 0.120 e. The Hall–Kier alpha value is -1.74. The molecule has 3 rings (SSSR count). The summed E-state index contributed by atoms with van der Waals surface area (Å²) in [7, 11) is 0. The molecule has 3 heteroatoms. The van der Waals surface area contributed by atoms with Gasteiger partial charge >= 0.3 is 0 Å². The number of aromatic nitrogens is 1. The molecule has 0 N–H and O–H groups in total. The maximum Gasteiger partial charge on any atom is 0.120 e. The first-order valence-electron chi connectivity index (χ1n) is 6.59. The van der Waals surface area contributed by atoms with Crippen molar-refractivity contribution in [2.24, 2.45) is 0 Å². The van der Waals surface area contributed by atoms with Crippen molar-refractivity contribution in [1.29, 1.82) is 0 Å². The fourth-order valence-corrected chi connectivity index (χ4v) is 2.86. The molecule has 0 atom stereocenters. The van der Waals surface area contributed by atoms with Gasteiger partial charge in [-0.15, -0.1) is 0 Å². The highest BCUT2D eigenvalue weighted by atomic mass is 32.1. The largest absolute Gasteiger partial charge is 0.494 e. The molecule has 0 unspecified atom stereocenters. The van der Waals surface area contributed by atoms with E-state index in [1.165, 1.54) is 16.5 Å². The molecule has 0 aliphatic carbocycles. The molecule has 1 aromatic carbocycles. The molecule has 0 amide bonds. The second kappa shape index (κ2) is 5.49. The number of rotatable bonds is 5. The summed E-state index contributed by atoms with van der Waals surface area (Å²) in [6, 6.07) is 10.7. The molecule has 2 heterocycles. The minimum Gasteiger partial charge on any atom is -0.494 e. The van der Waals surface area contributed by atoms with Gasteiger partial charge in [-0.25, -0.2) is 0 Å². The van der Waals surface area contributed by atoms with Crippen molar-refractivity contribution in [2.75, 3.05) is 6.61 Å². The highest BCUT2D eigenvalue weighted by Gasteiger charge is 2.04. The van der Waals surface area contributed by atoms with Gasteiger partial charge in [0, 0.05) is 23.6 Å². The van der Waals surface area contributed by atoms with E-state index in [0.717, 1.165) is 25.3 Å². The third-order valence-corrected chi connectivity index (χ3v) is 3.88.